The first-order valence-electron chi connectivity index (χ1n) is 9.03. The minimum Gasteiger partial charge on any atom is -0.550 e. The average Bonchev–Trinajstić information content (AvgIpc) is 2.67. The largest absolute Gasteiger partial charge is 1.00 e. The molecule has 5 nitrogen and oxygen atoms in total. The van der Waals surface area contributed by atoms with Crippen molar-refractivity contribution in [3.63, 3.8) is 0 Å². The number of ether oxygens (including phenoxy) is 1. The molecule has 0 N–H and O–H groups in total. The molecule has 1 aromatic heterocycles. The number of rotatable bonds is 8. The van der Waals surface area contributed by atoms with Gasteiger partial charge in [0.2, 0.25) is 0 Å². The number of carboxylic acid groups (broad SMARTS) is 1. The number of carboxylic acids is 1. The van der Waals surface area contributed by atoms with Crippen molar-refractivity contribution in [1.29, 1.82) is 0 Å². The van der Waals surface area contributed by atoms with E-state index >= 15 is 0 Å². The first-order valence-corrected chi connectivity index (χ1v) is 9.03. The van der Waals surface area contributed by atoms with Crippen LogP contribution in [0.1, 0.15) is 36.7 Å². The smallest absolute Gasteiger partial charge is 0.550 e. The third-order valence-corrected chi connectivity index (χ3v) is 4.32. The van der Waals surface area contributed by atoms with Crippen molar-refractivity contribution in [2.24, 2.45) is 0 Å². The molecule has 0 aliphatic heterocycles. The molecule has 28 heavy (non-hydrogen) atoms. The van der Waals surface area contributed by atoms with Crippen LogP contribution >= 0.6 is 0 Å². The molecule has 0 atom stereocenters. The second kappa shape index (κ2) is 10.5. The van der Waals surface area contributed by atoms with Gasteiger partial charge in [-0.2, -0.15) is 0 Å². The Morgan fingerprint density at radius 2 is 1.86 bits per heavy atom. The van der Waals surface area contributed by atoms with Crippen molar-refractivity contribution in [1.82, 2.24) is 0 Å². The van der Waals surface area contributed by atoms with Gasteiger partial charge in [0.25, 0.3) is 0 Å². The SMILES string of the molecule is CCCc1c(OCc2ccccc2)ccc2c(=O)cc(CCC(=O)[O-])oc12.[Na+]. The maximum atomic E-state index is 12.4. The van der Waals surface area contributed by atoms with E-state index in [1.165, 1.54) is 6.07 Å². The molecule has 0 spiro atoms. The van der Waals surface area contributed by atoms with Gasteiger partial charge in [-0.15, -0.1) is 0 Å². The van der Waals surface area contributed by atoms with Crippen LogP contribution in [-0.4, -0.2) is 5.97 Å². The van der Waals surface area contributed by atoms with Gasteiger partial charge in [0.1, 0.15) is 23.7 Å². The number of hydrogen-bond donors (Lipinski definition) is 0. The second-order valence-corrected chi connectivity index (χ2v) is 6.39. The van der Waals surface area contributed by atoms with Gasteiger partial charge in [-0.05, 0) is 30.5 Å². The van der Waals surface area contributed by atoms with Crippen LogP contribution in [0.5, 0.6) is 5.75 Å². The van der Waals surface area contributed by atoms with Crippen LogP contribution < -0.4 is 44.8 Å². The molecule has 0 amide bonds. The fourth-order valence-corrected chi connectivity index (χ4v) is 3.01. The number of fused-ring (bicyclic) bond motifs is 1. The van der Waals surface area contributed by atoms with E-state index in [-0.39, 0.29) is 47.8 Å². The number of benzene rings is 2. The van der Waals surface area contributed by atoms with Crippen molar-refractivity contribution in [3.8, 4) is 5.75 Å². The van der Waals surface area contributed by atoms with Crippen LogP contribution in [-0.2, 0) is 24.2 Å². The van der Waals surface area contributed by atoms with E-state index in [1.807, 2.05) is 37.3 Å². The molecule has 3 aromatic rings. The van der Waals surface area contributed by atoms with Gasteiger partial charge in [-0.1, -0.05) is 43.7 Å². The Kier molecular flexibility index (Phi) is 8.30. The standard InChI is InChI=1S/C22H22O5.Na/c1-2-6-18-20(26-14-15-7-4-3-5-8-15)11-10-17-19(23)13-16(27-22(17)18)9-12-21(24)25;/h3-5,7-8,10-11,13H,2,6,9,12,14H2,1H3,(H,24,25);/q;+1/p-1. The van der Waals surface area contributed by atoms with E-state index in [4.69, 9.17) is 9.15 Å². The Morgan fingerprint density at radius 1 is 1.11 bits per heavy atom. The van der Waals surface area contributed by atoms with Crippen LogP contribution in [0.25, 0.3) is 11.0 Å². The van der Waals surface area contributed by atoms with E-state index in [0.29, 0.717) is 35.5 Å². The predicted octanol–water partition coefficient (Wildman–Crippen LogP) is 0.0110. The molecule has 1 heterocycles. The number of hydrogen-bond acceptors (Lipinski definition) is 5. The molecule has 0 saturated carbocycles. The summed E-state index contributed by atoms with van der Waals surface area (Å²) >= 11 is 0. The first kappa shape index (κ1) is 22.2. The van der Waals surface area contributed by atoms with Gasteiger partial charge in [-0.25, -0.2) is 0 Å². The van der Waals surface area contributed by atoms with Gasteiger partial charge >= 0.3 is 29.6 Å². The van der Waals surface area contributed by atoms with Crippen LogP contribution in [0.3, 0.4) is 0 Å². The zero-order valence-electron chi connectivity index (χ0n) is 16.2. The summed E-state index contributed by atoms with van der Waals surface area (Å²) in [6, 6.07) is 14.7. The number of aliphatic carboxylic acids is 1. The molecule has 0 fully saturated rings. The Hall–Kier alpha value is -2.08. The van der Waals surface area contributed by atoms with Crippen molar-refractivity contribution >= 4 is 16.9 Å². The Bertz CT molecular complexity index is 995. The topological polar surface area (TPSA) is 79.6 Å². The van der Waals surface area contributed by atoms with Crippen molar-refractivity contribution in [2.75, 3.05) is 0 Å². The molecule has 0 saturated heterocycles. The molecule has 6 heteroatoms. The third-order valence-electron chi connectivity index (χ3n) is 4.32. The van der Waals surface area contributed by atoms with Crippen LogP contribution in [0.2, 0.25) is 0 Å². The third kappa shape index (κ3) is 5.47. The number of carbonyl (C=O) groups excluding carboxylic acids is 1. The normalized spacial score (nSPS) is 10.5. The molecular weight excluding hydrogens is 367 g/mol. The zero-order chi connectivity index (χ0) is 19.2. The summed E-state index contributed by atoms with van der Waals surface area (Å²) in [6.45, 7) is 2.45. The van der Waals surface area contributed by atoms with Gasteiger partial charge in [0, 0.05) is 24.0 Å². The molecule has 3 rings (SSSR count). The number of aryl methyl sites for hydroxylation is 2. The maximum absolute atomic E-state index is 12.4. The van der Waals surface area contributed by atoms with Crippen LogP contribution in [0, 0.1) is 0 Å². The van der Waals surface area contributed by atoms with Gasteiger partial charge in [-0.3, -0.25) is 4.79 Å². The summed E-state index contributed by atoms with van der Waals surface area (Å²) in [5, 5.41) is 11.2. The van der Waals surface area contributed by atoms with E-state index in [2.05, 4.69) is 0 Å². The maximum Gasteiger partial charge on any atom is 1.00 e. The molecule has 0 bridgehead atoms. The van der Waals surface area contributed by atoms with Gasteiger partial charge in [0.15, 0.2) is 5.43 Å². The number of carbonyl (C=O) groups is 1. The summed E-state index contributed by atoms with van der Waals surface area (Å²) in [5.74, 6) is -0.158. The fraction of sp³-hybridized carbons (Fsp3) is 0.273. The van der Waals surface area contributed by atoms with Gasteiger partial charge in [0.05, 0.1) is 5.39 Å². The van der Waals surface area contributed by atoms with E-state index in [1.54, 1.807) is 12.1 Å². The van der Waals surface area contributed by atoms with Crippen LogP contribution in [0.15, 0.2) is 57.7 Å². The molecule has 0 radical (unpaired) electrons. The molecule has 0 unspecified atom stereocenters. The summed E-state index contributed by atoms with van der Waals surface area (Å²) in [7, 11) is 0. The Balaban J connectivity index is 0.00000280. The average molecular weight is 388 g/mol. The Morgan fingerprint density at radius 3 is 2.54 bits per heavy atom. The van der Waals surface area contributed by atoms with Crippen LogP contribution in [0.4, 0.5) is 0 Å². The minimum atomic E-state index is -1.17. The predicted molar refractivity (Wildman–Crippen MR) is 101 cm³/mol. The monoisotopic (exact) mass is 388 g/mol. The molecular formula is C22H21NaO5. The summed E-state index contributed by atoms with van der Waals surface area (Å²) < 4.78 is 11.9. The second-order valence-electron chi connectivity index (χ2n) is 6.39. The summed E-state index contributed by atoms with van der Waals surface area (Å²) in [6.07, 6.45) is 1.47. The van der Waals surface area contributed by atoms with Gasteiger partial charge < -0.3 is 19.1 Å². The zero-order valence-corrected chi connectivity index (χ0v) is 18.2. The summed E-state index contributed by atoms with van der Waals surface area (Å²) in [5.41, 5.74) is 2.17. The molecule has 0 aliphatic rings. The van der Waals surface area contributed by atoms with Crippen molar-refractivity contribution in [3.05, 3.63) is 75.6 Å². The molecule has 0 aliphatic carbocycles. The Labute approximate surface area is 185 Å². The first-order chi connectivity index (χ1) is 13.1. The molecule has 140 valence electrons. The minimum absolute atomic E-state index is 0. The quantitative estimate of drug-likeness (QED) is 0.508. The van der Waals surface area contributed by atoms with E-state index in [0.717, 1.165) is 17.5 Å². The molecule has 2 aromatic carbocycles. The van der Waals surface area contributed by atoms with E-state index in [9.17, 15) is 14.7 Å². The van der Waals surface area contributed by atoms with Crippen molar-refractivity contribution < 1.29 is 48.6 Å². The fourth-order valence-electron chi connectivity index (χ4n) is 3.01. The van der Waals surface area contributed by atoms with E-state index < -0.39 is 5.97 Å². The van der Waals surface area contributed by atoms with Crippen molar-refractivity contribution in [2.45, 2.75) is 39.2 Å². The summed E-state index contributed by atoms with van der Waals surface area (Å²) in [4.78, 5) is 23.1.